The first kappa shape index (κ1) is 16.4. The van der Waals surface area contributed by atoms with Crippen LogP contribution in [0.5, 0.6) is 0 Å². The van der Waals surface area contributed by atoms with E-state index in [2.05, 4.69) is 0 Å². The molecule has 1 aromatic heterocycles. The minimum atomic E-state index is -4.05. The molecule has 20 heavy (non-hydrogen) atoms. The number of hydrogen-bond acceptors (Lipinski definition) is 5. The maximum atomic E-state index is 12.5. The minimum Gasteiger partial charge on any atom is -0.618 e. The summed E-state index contributed by atoms with van der Waals surface area (Å²) >= 11 is 0. The van der Waals surface area contributed by atoms with E-state index in [0.29, 0.717) is 6.42 Å². The molecule has 0 radical (unpaired) electrons. The van der Waals surface area contributed by atoms with Crippen LogP contribution in [0.1, 0.15) is 33.1 Å². The summed E-state index contributed by atoms with van der Waals surface area (Å²) in [6, 6.07) is 4.07. The molecular weight excluding hydrogens is 282 g/mol. The molecule has 1 rings (SSSR count). The maximum Gasteiger partial charge on any atom is 0.324 e. The van der Waals surface area contributed by atoms with Gasteiger partial charge in [0, 0.05) is 12.1 Å². The van der Waals surface area contributed by atoms with Crippen molar-refractivity contribution in [3.8, 4) is 0 Å². The van der Waals surface area contributed by atoms with E-state index < -0.39 is 26.1 Å². The molecule has 0 N–H and O–H groups in total. The molecule has 0 saturated heterocycles. The Morgan fingerprint density at radius 2 is 2.10 bits per heavy atom. The lowest BCUT2D eigenvalue weighted by Gasteiger charge is -2.15. The first-order valence-electron chi connectivity index (χ1n) is 6.53. The van der Waals surface area contributed by atoms with Gasteiger partial charge in [0.05, 0.1) is 6.61 Å². The molecule has 1 unspecified atom stereocenters. The van der Waals surface area contributed by atoms with Crippen molar-refractivity contribution in [1.82, 2.24) is 0 Å². The third-order valence-electron chi connectivity index (χ3n) is 2.82. The highest BCUT2D eigenvalue weighted by molar-refractivity contribution is 7.92. The Morgan fingerprint density at radius 3 is 2.65 bits per heavy atom. The van der Waals surface area contributed by atoms with E-state index in [1.807, 2.05) is 6.92 Å². The average molecular weight is 301 g/mol. The normalized spacial score (nSPS) is 12.9. The second-order valence-electron chi connectivity index (χ2n) is 4.29. The first-order valence-corrected chi connectivity index (χ1v) is 8.08. The lowest BCUT2D eigenvalue weighted by atomic mass is 10.2. The molecule has 1 heterocycles. The maximum absolute atomic E-state index is 12.5. The number of esters is 1. The summed E-state index contributed by atoms with van der Waals surface area (Å²) in [5.41, 5.74) is 0. The molecule has 0 amide bonds. The molecule has 6 nitrogen and oxygen atoms in total. The molecule has 0 aliphatic heterocycles. The molecule has 1 atom stereocenters. The van der Waals surface area contributed by atoms with Crippen molar-refractivity contribution in [2.45, 2.75) is 43.4 Å². The smallest absolute Gasteiger partial charge is 0.324 e. The van der Waals surface area contributed by atoms with Gasteiger partial charge in [0.2, 0.25) is 0 Å². The van der Waals surface area contributed by atoms with Gasteiger partial charge >= 0.3 is 11.0 Å². The summed E-state index contributed by atoms with van der Waals surface area (Å²) in [5, 5.41) is 9.86. The molecule has 1 aromatic rings. The van der Waals surface area contributed by atoms with Crippen LogP contribution in [0.2, 0.25) is 0 Å². The van der Waals surface area contributed by atoms with Crippen molar-refractivity contribution in [2.24, 2.45) is 0 Å². The highest BCUT2D eigenvalue weighted by Crippen LogP contribution is 2.19. The number of rotatable bonds is 7. The number of pyridine rings is 1. The van der Waals surface area contributed by atoms with Gasteiger partial charge in [-0.3, -0.25) is 4.79 Å². The number of carbonyl (C=O) groups excluding carboxylic acids is 1. The number of unbranched alkanes of at least 4 members (excludes halogenated alkanes) is 1. The number of hydrogen-bond donors (Lipinski definition) is 0. The van der Waals surface area contributed by atoms with Crippen molar-refractivity contribution in [2.75, 3.05) is 6.61 Å². The fourth-order valence-corrected chi connectivity index (χ4v) is 3.47. The number of sulfone groups is 1. The average Bonchev–Trinajstić information content (AvgIpc) is 2.39. The molecule has 0 aromatic carbocycles. The summed E-state index contributed by atoms with van der Waals surface area (Å²) in [4.78, 5) is 11.9. The topological polar surface area (TPSA) is 87.4 Å². The van der Waals surface area contributed by atoms with E-state index >= 15 is 0 Å². The fourth-order valence-electron chi connectivity index (χ4n) is 1.80. The second-order valence-corrected chi connectivity index (χ2v) is 6.37. The zero-order valence-electron chi connectivity index (χ0n) is 11.6. The van der Waals surface area contributed by atoms with Crippen LogP contribution in [0.4, 0.5) is 0 Å². The molecule has 0 spiro atoms. The summed E-state index contributed by atoms with van der Waals surface area (Å²) in [6.45, 7) is 3.60. The zero-order valence-corrected chi connectivity index (χ0v) is 12.4. The molecule has 7 heteroatoms. The number of aromatic nitrogens is 1. The summed E-state index contributed by atoms with van der Waals surface area (Å²) in [5.74, 6) is -0.801. The van der Waals surface area contributed by atoms with Crippen LogP contribution in [-0.2, 0) is 19.4 Å². The van der Waals surface area contributed by atoms with Crippen molar-refractivity contribution in [1.29, 1.82) is 0 Å². The standard InChI is InChI=1S/C13H19NO5S/c1-3-5-8-11(13(15)19-4-2)20(17,18)12-9-6-7-10-14(12)16/h6-7,9-11H,3-5,8H2,1-2H3. The minimum absolute atomic E-state index is 0.100. The van der Waals surface area contributed by atoms with Crippen molar-refractivity contribution in [3.63, 3.8) is 0 Å². The zero-order chi connectivity index (χ0) is 15.2. The van der Waals surface area contributed by atoms with Crippen LogP contribution in [0.3, 0.4) is 0 Å². The Hall–Kier alpha value is -1.63. The molecule has 0 aliphatic carbocycles. The van der Waals surface area contributed by atoms with Gasteiger partial charge in [-0.1, -0.05) is 19.8 Å². The number of nitrogens with zero attached hydrogens (tertiary/aromatic N) is 1. The van der Waals surface area contributed by atoms with Gasteiger partial charge < -0.3 is 9.94 Å². The Bertz CT molecular complexity index is 556. The highest BCUT2D eigenvalue weighted by atomic mass is 32.2. The molecule has 0 bridgehead atoms. The molecular formula is C13H19NO5S. The first-order chi connectivity index (χ1) is 9.45. The van der Waals surface area contributed by atoms with E-state index in [9.17, 15) is 18.4 Å². The van der Waals surface area contributed by atoms with Crippen LogP contribution < -0.4 is 4.73 Å². The predicted molar refractivity (Wildman–Crippen MR) is 72.5 cm³/mol. The summed E-state index contributed by atoms with van der Waals surface area (Å²) < 4.78 is 30.0. The van der Waals surface area contributed by atoms with Gasteiger partial charge in [0.1, 0.15) is 0 Å². The molecule has 112 valence electrons. The van der Waals surface area contributed by atoms with Crippen LogP contribution in [0.25, 0.3) is 0 Å². The predicted octanol–water partition coefficient (Wildman–Crippen LogP) is 1.22. The van der Waals surface area contributed by atoms with Gasteiger partial charge in [-0.15, -0.1) is 0 Å². The third-order valence-corrected chi connectivity index (χ3v) is 4.90. The summed E-state index contributed by atoms with van der Waals surface area (Å²) in [6.07, 6.45) is 2.55. The monoisotopic (exact) mass is 301 g/mol. The van der Waals surface area contributed by atoms with Crippen molar-refractivity contribution in [3.05, 3.63) is 29.6 Å². The molecule has 0 fully saturated rings. The van der Waals surface area contributed by atoms with Crippen molar-refractivity contribution >= 4 is 15.8 Å². The van der Waals surface area contributed by atoms with Gasteiger partial charge in [-0.25, -0.2) is 8.42 Å². The lowest BCUT2D eigenvalue weighted by molar-refractivity contribution is -0.646. The summed E-state index contributed by atoms with van der Waals surface area (Å²) in [7, 11) is -4.05. The molecule has 0 aliphatic rings. The Morgan fingerprint density at radius 1 is 1.40 bits per heavy atom. The largest absolute Gasteiger partial charge is 0.618 e. The third kappa shape index (κ3) is 3.69. The van der Waals surface area contributed by atoms with E-state index in [0.717, 1.165) is 12.6 Å². The van der Waals surface area contributed by atoms with Crippen LogP contribution in [0, 0.1) is 5.21 Å². The highest BCUT2D eigenvalue weighted by Gasteiger charge is 2.39. The van der Waals surface area contributed by atoms with Crippen LogP contribution in [0.15, 0.2) is 29.4 Å². The second kappa shape index (κ2) is 7.23. The van der Waals surface area contributed by atoms with Crippen LogP contribution in [-0.4, -0.2) is 26.2 Å². The SMILES string of the molecule is CCCCC(C(=O)OCC)S(=O)(=O)c1cccc[n+]1[O-]. The van der Waals surface area contributed by atoms with Gasteiger partial charge in [0.25, 0.3) is 9.84 Å². The van der Waals surface area contributed by atoms with E-state index in [-0.39, 0.29) is 17.8 Å². The van der Waals surface area contributed by atoms with E-state index in [1.54, 1.807) is 6.92 Å². The van der Waals surface area contributed by atoms with E-state index in [4.69, 9.17) is 4.74 Å². The molecule has 0 saturated carbocycles. The Balaban J connectivity index is 3.17. The van der Waals surface area contributed by atoms with Crippen LogP contribution >= 0.6 is 0 Å². The fraction of sp³-hybridized carbons (Fsp3) is 0.538. The number of carbonyl (C=O) groups is 1. The van der Waals surface area contributed by atoms with E-state index in [1.165, 1.54) is 18.2 Å². The number of ether oxygens (including phenoxy) is 1. The van der Waals surface area contributed by atoms with Gasteiger partial charge in [0.15, 0.2) is 11.4 Å². The Labute approximate surface area is 118 Å². The Kier molecular flexibility index (Phi) is 5.94. The quantitative estimate of drug-likeness (QED) is 0.429. The van der Waals surface area contributed by atoms with Gasteiger partial charge in [-0.05, 0) is 19.4 Å². The lowest BCUT2D eigenvalue weighted by Crippen LogP contribution is -2.40. The van der Waals surface area contributed by atoms with Gasteiger partial charge in [-0.2, -0.15) is 4.73 Å². The van der Waals surface area contributed by atoms with Crippen molar-refractivity contribution < 1.29 is 22.7 Å².